The van der Waals surface area contributed by atoms with Gasteiger partial charge >= 0.3 is 0 Å². The molecule has 1 unspecified atom stereocenters. The first kappa shape index (κ1) is 12.0. The maximum atomic E-state index is 5.95. The molecule has 0 aromatic heterocycles. The highest BCUT2D eigenvalue weighted by Crippen LogP contribution is 2.36. The van der Waals surface area contributed by atoms with Gasteiger partial charge in [0.2, 0.25) is 0 Å². The normalized spacial score (nSPS) is 18.0. The van der Waals surface area contributed by atoms with Crippen LogP contribution in [0.3, 0.4) is 0 Å². The van der Waals surface area contributed by atoms with Crippen molar-refractivity contribution < 1.29 is 4.74 Å². The van der Waals surface area contributed by atoms with Crippen molar-refractivity contribution in [2.45, 2.75) is 66.6 Å². The summed E-state index contributed by atoms with van der Waals surface area (Å²) >= 11 is 0. The molecule has 0 radical (unpaired) electrons. The molecule has 1 nitrogen and oxygen atoms in total. The Labute approximate surface area is 77.5 Å². The lowest BCUT2D eigenvalue weighted by Gasteiger charge is -2.42. The van der Waals surface area contributed by atoms with Crippen LogP contribution in [0, 0.1) is 5.41 Å². The van der Waals surface area contributed by atoms with Crippen molar-refractivity contribution in [1.29, 1.82) is 0 Å². The van der Waals surface area contributed by atoms with E-state index in [1.54, 1.807) is 0 Å². The Balaban J connectivity index is 4.46. The van der Waals surface area contributed by atoms with Crippen molar-refractivity contribution in [2.24, 2.45) is 5.41 Å². The molecule has 0 aliphatic heterocycles. The van der Waals surface area contributed by atoms with Crippen LogP contribution in [-0.4, -0.2) is 11.7 Å². The zero-order valence-corrected chi connectivity index (χ0v) is 9.69. The molecule has 0 spiro atoms. The molecule has 1 heteroatoms. The Morgan fingerprint density at radius 3 is 1.58 bits per heavy atom. The minimum atomic E-state index is 0.00116. The summed E-state index contributed by atoms with van der Waals surface area (Å²) in [5, 5.41) is 0. The van der Waals surface area contributed by atoms with E-state index in [0.29, 0.717) is 6.10 Å². The van der Waals surface area contributed by atoms with Gasteiger partial charge in [-0.05, 0) is 32.6 Å². The van der Waals surface area contributed by atoms with Gasteiger partial charge in [-0.1, -0.05) is 27.7 Å². The average Bonchev–Trinajstić information content (AvgIpc) is 1.83. The number of hydrogen-bond acceptors (Lipinski definition) is 1. The third-order valence-corrected chi connectivity index (χ3v) is 2.76. The van der Waals surface area contributed by atoms with E-state index in [2.05, 4.69) is 48.5 Å². The van der Waals surface area contributed by atoms with Crippen LogP contribution in [0.25, 0.3) is 0 Å². The molecular formula is C11H24O. The van der Waals surface area contributed by atoms with Gasteiger partial charge in [0.15, 0.2) is 0 Å². The lowest BCUT2D eigenvalue weighted by molar-refractivity contribution is -0.133. The summed E-state index contributed by atoms with van der Waals surface area (Å²) in [4.78, 5) is 0. The van der Waals surface area contributed by atoms with Gasteiger partial charge in [0, 0.05) is 0 Å². The standard InChI is InChI=1S/C11H24O/c1-8-11(7,10(4,5)6)12-9(2)3/h9H,8H2,1-7H3. The second-order valence-corrected chi connectivity index (χ2v) is 5.00. The van der Waals surface area contributed by atoms with Gasteiger partial charge in [0.1, 0.15) is 0 Å². The first-order valence-corrected chi connectivity index (χ1v) is 4.91. The van der Waals surface area contributed by atoms with Gasteiger partial charge in [-0.15, -0.1) is 0 Å². The molecule has 74 valence electrons. The highest BCUT2D eigenvalue weighted by atomic mass is 16.5. The van der Waals surface area contributed by atoms with Crippen molar-refractivity contribution in [1.82, 2.24) is 0 Å². The molecule has 0 aliphatic rings. The van der Waals surface area contributed by atoms with Crippen LogP contribution in [0.5, 0.6) is 0 Å². The quantitative estimate of drug-likeness (QED) is 0.631. The van der Waals surface area contributed by atoms with E-state index >= 15 is 0 Å². The first-order valence-electron chi connectivity index (χ1n) is 4.91. The fourth-order valence-corrected chi connectivity index (χ4v) is 1.31. The molecule has 0 saturated heterocycles. The Bertz CT molecular complexity index is 132. The zero-order chi connectivity index (χ0) is 9.99. The summed E-state index contributed by atoms with van der Waals surface area (Å²) < 4.78 is 5.95. The lowest BCUT2D eigenvalue weighted by Crippen LogP contribution is -2.43. The Hall–Kier alpha value is -0.0400. The summed E-state index contributed by atoms with van der Waals surface area (Å²) in [6.45, 7) is 15.3. The third kappa shape index (κ3) is 2.78. The van der Waals surface area contributed by atoms with E-state index in [1.165, 1.54) is 0 Å². The summed E-state index contributed by atoms with van der Waals surface area (Å²) in [5.74, 6) is 0. The fraction of sp³-hybridized carbons (Fsp3) is 1.00. The van der Waals surface area contributed by atoms with Gasteiger partial charge in [-0.3, -0.25) is 0 Å². The van der Waals surface area contributed by atoms with Crippen molar-refractivity contribution in [3.8, 4) is 0 Å². The van der Waals surface area contributed by atoms with Crippen LogP contribution in [0.15, 0.2) is 0 Å². The highest BCUT2D eigenvalue weighted by Gasteiger charge is 2.37. The van der Waals surface area contributed by atoms with Crippen molar-refractivity contribution in [3.63, 3.8) is 0 Å². The average molecular weight is 172 g/mol. The molecule has 0 N–H and O–H groups in total. The van der Waals surface area contributed by atoms with E-state index in [0.717, 1.165) is 6.42 Å². The fourth-order valence-electron chi connectivity index (χ4n) is 1.31. The molecule has 1 atom stereocenters. The van der Waals surface area contributed by atoms with Gasteiger partial charge < -0.3 is 4.74 Å². The van der Waals surface area contributed by atoms with Gasteiger partial charge in [0.05, 0.1) is 11.7 Å². The number of rotatable bonds is 3. The monoisotopic (exact) mass is 172 g/mol. The molecule has 0 bridgehead atoms. The van der Waals surface area contributed by atoms with Crippen LogP contribution in [0.4, 0.5) is 0 Å². The summed E-state index contributed by atoms with van der Waals surface area (Å²) in [7, 11) is 0. The summed E-state index contributed by atoms with van der Waals surface area (Å²) in [6.07, 6.45) is 1.38. The third-order valence-electron chi connectivity index (χ3n) is 2.76. The van der Waals surface area contributed by atoms with Crippen molar-refractivity contribution >= 4 is 0 Å². The lowest BCUT2D eigenvalue weighted by atomic mass is 9.76. The largest absolute Gasteiger partial charge is 0.372 e. The highest BCUT2D eigenvalue weighted by molar-refractivity contribution is 4.87. The molecule has 0 heterocycles. The molecule has 0 aromatic carbocycles. The van der Waals surface area contributed by atoms with Gasteiger partial charge in [0.25, 0.3) is 0 Å². The van der Waals surface area contributed by atoms with Crippen LogP contribution in [-0.2, 0) is 4.74 Å². The molecule has 0 rings (SSSR count). The molecule has 0 aromatic rings. The number of ether oxygens (including phenoxy) is 1. The SMILES string of the molecule is CCC(C)(OC(C)C)C(C)(C)C. The molecule has 12 heavy (non-hydrogen) atoms. The maximum absolute atomic E-state index is 5.95. The van der Waals surface area contributed by atoms with E-state index in [9.17, 15) is 0 Å². The minimum Gasteiger partial charge on any atom is -0.372 e. The van der Waals surface area contributed by atoms with Gasteiger partial charge in [-0.2, -0.15) is 0 Å². The van der Waals surface area contributed by atoms with E-state index in [1.807, 2.05) is 0 Å². The van der Waals surface area contributed by atoms with E-state index in [-0.39, 0.29) is 11.0 Å². The summed E-state index contributed by atoms with van der Waals surface area (Å²) in [6, 6.07) is 0. The molecule has 0 aliphatic carbocycles. The number of hydrogen-bond donors (Lipinski definition) is 0. The van der Waals surface area contributed by atoms with Crippen LogP contribution < -0.4 is 0 Å². The van der Waals surface area contributed by atoms with Gasteiger partial charge in [-0.25, -0.2) is 0 Å². The van der Waals surface area contributed by atoms with Crippen molar-refractivity contribution in [2.75, 3.05) is 0 Å². The maximum Gasteiger partial charge on any atom is 0.0703 e. The molecule has 0 fully saturated rings. The summed E-state index contributed by atoms with van der Waals surface area (Å²) in [5.41, 5.74) is 0.215. The molecule has 0 amide bonds. The molecular weight excluding hydrogens is 148 g/mol. The van der Waals surface area contributed by atoms with E-state index in [4.69, 9.17) is 4.74 Å². The minimum absolute atomic E-state index is 0.00116. The van der Waals surface area contributed by atoms with Crippen LogP contribution in [0.1, 0.15) is 54.9 Å². The smallest absolute Gasteiger partial charge is 0.0703 e. The predicted molar refractivity (Wildman–Crippen MR) is 54.4 cm³/mol. The Morgan fingerprint density at radius 2 is 1.50 bits per heavy atom. The van der Waals surface area contributed by atoms with E-state index < -0.39 is 0 Å². The van der Waals surface area contributed by atoms with Crippen LogP contribution in [0.2, 0.25) is 0 Å². The van der Waals surface area contributed by atoms with Crippen molar-refractivity contribution in [3.05, 3.63) is 0 Å². The second-order valence-electron chi connectivity index (χ2n) is 5.00. The first-order chi connectivity index (χ1) is 5.23. The zero-order valence-electron chi connectivity index (χ0n) is 9.69. The predicted octanol–water partition coefficient (Wildman–Crippen LogP) is 3.63. The van der Waals surface area contributed by atoms with Crippen LogP contribution >= 0.6 is 0 Å². The second kappa shape index (κ2) is 3.78. The molecule has 0 saturated carbocycles. The Morgan fingerprint density at radius 1 is 1.08 bits per heavy atom. The topological polar surface area (TPSA) is 9.23 Å². The Kier molecular flexibility index (Phi) is 3.77.